The van der Waals surface area contributed by atoms with E-state index in [0.29, 0.717) is 6.42 Å². The molecule has 1 aromatic carbocycles. The van der Waals surface area contributed by atoms with Crippen molar-refractivity contribution in [1.82, 2.24) is 4.90 Å². The van der Waals surface area contributed by atoms with Gasteiger partial charge >= 0.3 is 5.97 Å². The molecule has 0 spiro atoms. The lowest BCUT2D eigenvalue weighted by Gasteiger charge is -2.22. The quantitative estimate of drug-likeness (QED) is 0.849. The van der Waals surface area contributed by atoms with E-state index in [9.17, 15) is 14.0 Å². The Balaban J connectivity index is 2.03. The highest BCUT2D eigenvalue weighted by molar-refractivity contribution is 8.00. The van der Waals surface area contributed by atoms with Crippen LogP contribution >= 0.6 is 11.8 Å². The van der Waals surface area contributed by atoms with Crippen LogP contribution < -0.4 is 0 Å². The van der Waals surface area contributed by atoms with Gasteiger partial charge < -0.3 is 10.0 Å². The first-order valence-corrected chi connectivity index (χ1v) is 7.77. The van der Waals surface area contributed by atoms with E-state index < -0.39 is 11.6 Å². The number of carbonyl (C=O) groups excluding carboxylic acids is 1. The Morgan fingerprint density at radius 3 is 2.62 bits per heavy atom. The smallest absolute Gasteiger partial charge is 0.343 e. The van der Waals surface area contributed by atoms with Crippen molar-refractivity contribution in [2.24, 2.45) is 0 Å². The predicted molar refractivity (Wildman–Crippen MR) is 79.0 cm³/mol. The number of rotatable bonds is 5. The number of amides is 1. The zero-order valence-electron chi connectivity index (χ0n) is 11.8. The van der Waals surface area contributed by atoms with E-state index in [1.54, 1.807) is 0 Å². The third-order valence-corrected chi connectivity index (χ3v) is 4.95. The second kappa shape index (κ2) is 6.47. The summed E-state index contributed by atoms with van der Waals surface area (Å²) in [6.07, 6.45) is 0.474. The van der Waals surface area contributed by atoms with Crippen molar-refractivity contribution in [1.29, 1.82) is 0 Å². The summed E-state index contributed by atoms with van der Waals surface area (Å²) in [4.78, 5) is 25.6. The Kier molecular flexibility index (Phi) is 4.88. The van der Waals surface area contributed by atoms with E-state index in [4.69, 9.17) is 5.11 Å². The lowest BCUT2D eigenvalue weighted by Crippen LogP contribution is -2.41. The average molecular weight is 311 g/mol. The first-order valence-electron chi connectivity index (χ1n) is 6.89. The van der Waals surface area contributed by atoms with E-state index >= 15 is 0 Å². The van der Waals surface area contributed by atoms with E-state index in [1.165, 1.54) is 16.7 Å². The van der Waals surface area contributed by atoms with E-state index in [0.717, 1.165) is 4.90 Å². The molecule has 1 fully saturated rings. The van der Waals surface area contributed by atoms with Gasteiger partial charge in [-0.15, -0.1) is 11.8 Å². The summed E-state index contributed by atoms with van der Waals surface area (Å²) in [7, 11) is 0. The zero-order valence-corrected chi connectivity index (χ0v) is 12.6. The summed E-state index contributed by atoms with van der Waals surface area (Å²) in [6.45, 7) is 1.70. The minimum absolute atomic E-state index is 0.138. The van der Waals surface area contributed by atoms with Crippen LogP contribution in [0.25, 0.3) is 0 Å². The minimum Gasteiger partial charge on any atom is -0.479 e. The van der Waals surface area contributed by atoms with Gasteiger partial charge in [0.15, 0.2) is 0 Å². The molecular weight excluding hydrogens is 293 g/mol. The standard InChI is InChI=1S/C15H18FNO3S/c1-2-12(21-11-6-4-3-5-7-11)13(18)17-9-8-15(16,10-17)14(19)20/h3-7,12H,2,8-10H2,1H3,(H,19,20). The van der Waals surface area contributed by atoms with Gasteiger partial charge in [0.05, 0.1) is 11.8 Å². The maximum Gasteiger partial charge on any atom is 0.343 e. The van der Waals surface area contributed by atoms with Gasteiger partial charge in [-0.1, -0.05) is 25.1 Å². The molecule has 2 rings (SSSR count). The maximum atomic E-state index is 14.0. The van der Waals surface area contributed by atoms with Crippen LogP contribution in [0, 0.1) is 0 Å². The molecule has 1 aliphatic heterocycles. The molecule has 0 aromatic heterocycles. The van der Waals surface area contributed by atoms with Crippen LogP contribution in [0.2, 0.25) is 0 Å². The van der Waals surface area contributed by atoms with Gasteiger partial charge in [0.2, 0.25) is 11.6 Å². The molecule has 1 heterocycles. The number of alkyl halides is 1. The Morgan fingerprint density at radius 2 is 2.10 bits per heavy atom. The molecule has 1 amide bonds. The first kappa shape index (κ1) is 15.8. The number of hydrogen-bond acceptors (Lipinski definition) is 3. The lowest BCUT2D eigenvalue weighted by molar-refractivity contribution is -0.150. The number of likely N-dealkylation sites (tertiary alicyclic amines) is 1. The van der Waals surface area contributed by atoms with Crippen LogP contribution in [0.3, 0.4) is 0 Å². The number of hydrogen-bond donors (Lipinski definition) is 1. The molecule has 0 saturated carbocycles. The summed E-state index contributed by atoms with van der Waals surface area (Å²) >= 11 is 1.43. The van der Waals surface area contributed by atoms with Gasteiger partial charge in [0.25, 0.3) is 0 Å². The second-order valence-corrected chi connectivity index (χ2v) is 6.38. The maximum absolute atomic E-state index is 14.0. The normalized spacial score (nSPS) is 23.0. The number of thioether (sulfide) groups is 1. The SMILES string of the molecule is CCC(Sc1ccccc1)C(=O)N1CCC(F)(C(=O)O)C1. The molecular formula is C15H18FNO3S. The highest BCUT2D eigenvalue weighted by Crippen LogP contribution is 2.31. The van der Waals surface area contributed by atoms with E-state index in [2.05, 4.69) is 0 Å². The largest absolute Gasteiger partial charge is 0.479 e. The Labute approximate surface area is 127 Å². The number of nitrogens with zero attached hydrogens (tertiary/aromatic N) is 1. The zero-order chi connectivity index (χ0) is 15.5. The molecule has 0 bridgehead atoms. The first-order chi connectivity index (χ1) is 9.96. The van der Waals surface area contributed by atoms with Gasteiger partial charge in [-0.2, -0.15) is 0 Å². The average Bonchev–Trinajstić information content (AvgIpc) is 2.89. The van der Waals surface area contributed by atoms with Crippen molar-refractivity contribution < 1.29 is 19.1 Å². The fourth-order valence-electron chi connectivity index (χ4n) is 2.31. The Hall–Kier alpha value is -1.56. The van der Waals surface area contributed by atoms with Crippen LogP contribution in [0.1, 0.15) is 19.8 Å². The number of aliphatic carboxylic acids is 1. The van der Waals surface area contributed by atoms with Crippen molar-refractivity contribution in [2.75, 3.05) is 13.1 Å². The number of carboxylic acid groups (broad SMARTS) is 1. The Bertz CT molecular complexity index is 525. The molecule has 1 saturated heterocycles. The van der Waals surface area contributed by atoms with E-state index in [-0.39, 0.29) is 30.7 Å². The summed E-state index contributed by atoms with van der Waals surface area (Å²) in [5, 5.41) is 8.57. The molecule has 0 radical (unpaired) electrons. The van der Waals surface area contributed by atoms with Gasteiger partial charge in [0.1, 0.15) is 0 Å². The molecule has 6 heteroatoms. The molecule has 2 atom stereocenters. The summed E-state index contributed by atoms with van der Waals surface area (Å²) < 4.78 is 14.0. The minimum atomic E-state index is -2.30. The predicted octanol–water partition coefficient (Wildman–Crippen LogP) is 2.58. The van der Waals surface area contributed by atoms with Crippen LogP contribution in [0.15, 0.2) is 35.2 Å². The number of carboxylic acids is 1. The molecule has 114 valence electrons. The van der Waals surface area contributed by atoms with Gasteiger partial charge in [0, 0.05) is 17.9 Å². The number of halogens is 1. The van der Waals surface area contributed by atoms with Gasteiger partial charge in [-0.25, -0.2) is 9.18 Å². The molecule has 1 N–H and O–H groups in total. The fraction of sp³-hybridized carbons (Fsp3) is 0.467. The third-order valence-electron chi connectivity index (χ3n) is 3.58. The van der Waals surface area contributed by atoms with Gasteiger partial charge in [-0.05, 0) is 18.6 Å². The van der Waals surface area contributed by atoms with Crippen LogP contribution in [0.4, 0.5) is 4.39 Å². The van der Waals surface area contributed by atoms with Crippen LogP contribution in [-0.4, -0.2) is 45.9 Å². The summed E-state index contributed by atoms with van der Waals surface area (Å²) in [5.41, 5.74) is -2.30. The molecule has 4 nitrogen and oxygen atoms in total. The highest BCUT2D eigenvalue weighted by atomic mass is 32.2. The van der Waals surface area contributed by atoms with Crippen molar-refractivity contribution in [3.8, 4) is 0 Å². The highest BCUT2D eigenvalue weighted by Gasteiger charge is 2.47. The number of benzene rings is 1. The van der Waals surface area contributed by atoms with Crippen molar-refractivity contribution in [3.63, 3.8) is 0 Å². The topological polar surface area (TPSA) is 57.6 Å². The molecule has 0 aliphatic carbocycles. The Morgan fingerprint density at radius 1 is 1.43 bits per heavy atom. The van der Waals surface area contributed by atoms with Crippen molar-refractivity contribution in [3.05, 3.63) is 30.3 Å². The fourth-order valence-corrected chi connectivity index (χ4v) is 3.37. The van der Waals surface area contributed by atoms with E-state index in [1.807, 2.05) is 37.3 Å². The molecule has 2 unspecified atom stereocenters. The molecule has 1 aromatic rings. The lowest BCUT2D eigenvalue weighted by atomic mass is 10.1. The van der Waals surface area contributed by atoms with Crippen LogP contribution in [-0.2, 0) is 9.59 Å². The van der Waals surface area contributed by atoms with Crippen LogP contribution in [0.5, 0.6) is 0 Å². The number of carbonyl (C=O) groups is 2. The third kappa shape index (κ3) is 3.56. The molecule has 21 heavy (non-hydrogen) atoms. The summed E-state index contributed by atoms with van der Waals surface area (Å²) in [5.74, 6) is -1.67. The summed E-state index contributed by atoms with van der Waals surface area (Å²) in [6, 6.07) is 9.53. The monoisotopic (exact) mass is 311 g/mol. The second-order valence-electron chi connectivity index (χ2n) is 5.11. The van der Waals surface area contributed by atoms with Crippen molar-refractivity contribution in [2.45, 2.75) is 35.6 Å². The molecule has 1 aliphatic rings. The van der Waals surface area contributed by atoms with Gasteiger partial charge in [-0.3, -0.25) is 4.79 Å². The van der Waals surface area contributed by atoms with Crippen molar-refractivity contribution >= 4 is 23.6 Å².